The van der Waals surface area contributed by atoms with Crippen molar-refractivity contribution >= 4 is 23.2 Å². The van der Waals surface area contributed by atoms with Crippen molar-refractivity contribution in [2.24, 2.45) is 5.73 Å². The van der Waals surface area contributed by atoms with Gasteiger partial charge in [-0.25, -0.2) is 9.97 Å². The molecule has 2 aromatic heterocycles. The Balaban J connectivity index is 1.41. The van der Waals surface area contributed by atoms with E-state index in [9.17, 15) is 19.8 Å². The summed E-state index contributed by atoms with van der Waals surface area (Å²) in [6.07, 6.45) is 7.89. The van der Waals surface area contributed by atoms with Gasteiger partial charge in [0.1, 0.15) is 11.8 Å². The number of nitrogens with one attached hydrogen (secondary N) is 2. The Kier molecular flexibility index (Phi) is 13.8. The molecule has 0 bridgehead atoms. The van der Waals surface area contributed by atoms with Crippen LogP contribution in [0.2, 0.25) is 0 Å². The maximum atomic E-state index is 13.3. The predicted molar refractivity (Wildman–Crippen MR) is 194 cm³/mol. The summed E-state index contributed by atoms with van der Waals surface area (Å²) in [7, 11) is 0. The third-order valence-electron chi connectivity index (χ3n) is 8.14. The molecule has 10 nitrogen and oxygen atoms in total. The highest BCUT2D eigenvalue weighted by Crippen LogP contribution is 2.29. The number of aliphatic hydroxyl groups excluding tert-OH is 1. The van der Waals surface area contributed by atoms with E-state index in [1.54, 1.807) is 18.5 Å². The van der Waals surface area contributed by atoms with Crippen LogP contribution < -0.4 is 21.1 Å². The number of amides is 2. The van der Waals surface area contributed by atoms with Crippen LogP contribution in [0.25, 0.3) is 22.5 Å². The molecule has 0 fully saturated rings. The van der Waals surface area contributed by atoms with Gasteiger partial charge in [0.2, 0.25) is 5.91 Å². The Morgan fingerprint density at radius 1 is 0.857 bits per heavy atom. The van der Waals surface area contributed by atoms with Crippen LogP contribution in [0.15, 0.2) is 73.1 Å². The van der Waals surface area contributed by atoms with E-state index in [1.807, 2.05) is 54.6 Å². The maximum absolute atomic E-state index is 13.3. The van der Waals surface area contributed by atoms with Crippen LogP contribution in [0, 0.1) is 0 Å². The first-order chi connectivity index (χ1) is 23.5. The van der Waals surface area contributed by atoms with Crippen LogP contribution in [-0.2, 0) is 16.6 Å². The zero-order chi connectivity index (χ0) is 35.4. The molecular formula is C38H49N5O5S. The van der Waals surface area contributed by atoms with Gasteiger partial charge >= 0.3 is 0 Å². The first kappa shape index (κ1) is 37.7. The lowest BCUT2D eigenvalue weighted by molar-refractivity contribution is -0.128. The highest BCUT2D eigenvalue weighted by Gasteiger charge is 2.27. The lowest BCUT2D eigenvalue weighted by atomic mass is 9.95. The van der Waals surface area contributed by atoms with Gasteiger partial charge in [-0.15, -0.1) is 11.3 Å². The molecule has 0 saturated heterocycles. The van der Waals surface area contributed by atoms with Gasteiger partial charge in [-0.1, -0.05) is 89.8 Å². The number of nitrogens with two attached hydrogens (primary N) is 1. The third-order valence-corrected chi connectivity index (χ3v) is 9.65. The number of nitrogens with zero attached hydrogens (tertiary/aromatic N) is 2. The molecule has 4 aromatic rings. The highest BCUT2D eigenvalue weighted by molar-refractivity contribution is 7.14. The zero-order valence-corrected chi connectivity index (χ0v) is 29.6. The molecule has 0 spiro atoms. The minimum atomic E-state index is -1.84. The second-order valence-electron chi connectivity index (χ2n) is 13.2. The van der Waals surface area contributed by atoms with Crippen LogP contribution in [0.1, 0.15) is 79.9 Å². The number of carbonyl (C=O) groups excluding carboxylic acids is 2. The van der Waals surface area contributed by atoms with Crippen molar-refractivity contribution in [1.82, 2.24) is 20.6 Å². The van der Waals surface area contributed by atoms with Gasteiger partial charge < -0.3 is 31.3 Å². The first-order valence-electron chi connectivity index (χ1n) is 16.9. The van der Waals surface area contributed by atoms with Gasteiger partial charge in [0.05, 0.1) is 17.5 Å². The number of thiophene rings is 1. The fourth-order valence-electron chi connectivity index (χ4n) is 5.13. The molecule has 11 heteroatoms. The van der Waals surface area contributed by atoms with E-state index in [0.29, 0.717) is 10.7 Å². The minimum absolute atomic E-state index is 0.120. The molecule has 0 unspecified atom stereocenters. The monoisotopic (exact) mass is 687 g/mol. The Morgan fingerprint density at radius 3 is 2.10 bits per heavy atom. The fourth-order valence-corrected chi connectivity index (χ4v) is 6.10. The molecule has 2 heterocycles. The summed E-state index contributed by atoms with van der Waals surface area (Å²) in [6.45, 7) is 8.95. The maximum Gasteiger partial charge on any atom is 0.262 e. The molecule has 0 radical (unpaired) electrons. The topological polar surface area (TPSA) is 160 Å². The van der Waals surface area contributed by atoms with Gasteiger partial charge in [0.15, 0.2) is 12.1 Å². The lowest BCUT2D eigenvalue weighted by Crippen LogP contribution is -2.55. The second kappa shape index (κ2) is 18.0. The molecule has 0 aliphatic heterocycles. The van der Waals surface area contributed by atoms with Crippen molar-refractivity contribution in [3.8, 4) is 28.3 Å². The van der Waals surface area contributed by atoms with E-state index in [2.05, 4.69) is 48.3 Å². The summed E-state index contributed by atoms with van der Waals surface area (Å²) in [6, 6.07) is 17.0. The van der Waals surface area contributed by atoms with E-state index in [1.165, 1.54) is 37.0 Å². The summed E-state index contributed by atoms with van der Waals surface area (Å²) >= 11 is 1.37. The molecule has 262 valence electrons. The molecule has 2 aromatic carbocycles. The summed E-state index contributed by atoms with van der Waals surface area (Å²) in [4.78, 5) is 37.2. The molecule has 0 saturated carbocycles. The SMILES string of the molecule is CCCCCCCOc1ccc(-c2cnc(-c3ccc(C[C@H](NC(=O)c4ccc(C(C)(C)C)s4)C(=O)N[C@H](CN)C(O)O)cc3)nc2)cc1. The standard InChI is InChI=1S/C38H49N5O5S/c1-5-6-7-8-9-20-48-29-16-14-26(15-17-29)28-23-40-34(41-24-28)27-12-10-25(11-13-27)21-30(35(44)43-31(22-39)37(46)47)42-36(45)32-18-19-33(49-32)38(2,3)4/h10-19,23-24,30-31,37,46-47H,5-9,20-22,39H2,1-4H3,(H,42,45)(H,43,44)/t30-,31+/m0/s1. The number of hydrogen-bond donors (Lipinski definition) is 5. The number of ether oxygens (including phenoxy) is 1. The van der Waals surface area contributed by atoms with Gasteiger partial charge in [-0.3, -0.25) is 9.59 Å². The first-order valence-corrected chi connectivity index (χ1v) is 17.7. The van der Waals surface area contributed by atoms with Gasteiger partial charge in [0.25, 0.3) is 5.91 Å². The largest absolute Gasteiger partial charge is 0.494 e. The molecule has 0 aliphatic carbocycles. The Bertz CT molecular complexity index is 1620. The number of benzene rings is 2. The van der Waals surface area contributed by atoms with Crippen LogP contribution in [0.5, 0.6) is 5.75 Å². The molecule has 2 amide bonds. The molecule has 4 rings (SSSR count). The van der Waals surface area contributed by atoms with Crippen molar-refractivity contribution in [3.05, 3.63) is 88.4 Å². The lowest BCUT2D eigenvalue weighted by Gasteiger charge is -2.23. The summed E-state index contributed by atoms with van der Waals surface area (Å²) in [5.74, 6) is 0.438. The highest BCUT2D eigenvalue weighted by atomic mass is 32.1. The summed E-state index contributed by atoms with van der Waals surface area (Å²) < 4.78 is 5.88. The normalized spacial score (nSPS) is 12.8. The second-order valence-corrected chi connectivity index (χ2v) is 14.3. The number of rotatable bonds is 17. The van der Waals surface area contributed by atoms with Crippen LogP contribution in [0.3, 0.4) is 0 Å². The average molecular weight is 688 g/mol. The van der Waals surface area contributed by atoms with E-state index >= 15 is 0 Å². The van der Waals surface area contributed by atoms with Gasteiger partial charge in [-0.05, 0) is 47.2 Å². The fraction of sp³-hybridized carbons (Fsp3) is 0.421. The number of aliphatic hydroxyl groups is 2. The molecule has 0 aliphatic rings. The van der Waals surface area contributed by atoms with Crippen molar-refractivity contribution < 1.29 is 24.5 Å². The predicted octanol–water partition coefficient (Wildman–Crippen LogP) is 5.61. The van der Waals surface area contributed by atoms with Gasteiger partial charge in [0, 0.05) is 41.4 Å². The quantitative estimate of drug-likeness (QED) is 0.0707. The smallest absolute Gasteiger partial charge is 0.262 e. The van der Waals surface area contributed by atoms with E-state index in [4.69, 9.17) is 10.5 Å². The van der Waals surface area contributed by atoms with E-state index in [0.717, 1.165) is 45.9 Å². The van der Waals surface area contributed by atoms with Crippen LogP contribution in [0.4, 0.5) is 0 Å². The summed E-state index contributed by atoms with van der Waals surface area (Å²) in [5.41, 5.74) is 8.96. The van der Waals surface area contributed by atoms with Crippen molar-refractivity contribution in [2.45, 2.75) is 90.0 Å². The number of hydrogen-bond acceptors (Lipinski definition) is 9. The van der Waals surface area contributed by atoms with E-state index < -0.39 is 24.3 Å². The minimum Gasteiger partial charge on any atom is -0.494 e. The van der Waals surface area contributed by atoms with E-state index in [-0.39, 0.29) is 24.3 Å². The number of aromatic nitrogens is 2. The molecular weight excluding hydrogens is 639 g/mol. The summed E-state index contributed by atoms with van der Waals surface area (Å²) in [5, 5.41) is 24.6. The van der Waals surface area contributed by atoms with Gasteiger partial charge in [-0.2, -0.15) is 0 Å². The average Bonchev–Trinajstić information content (AvgIpc) is 3.61. The van der Waals surface area contributed by atoms with Crippen molar-refractivity contribution in [3.63, 3.8) is 0 Å². The zero-order valence-electron chi connectivity index (χ0n) is 28.8. The van der Waals surface area contributed by atoms with Crippen molar-refractivity contribution in [1.29, 1.82) is 0 Å². The number of carbonyl (C=O) groups is 2. The Labute approximate surface area is 293 Å². The van der Waals surface area contributed by atoms with Crippen molar-refractivity contribution in [2.75, 3.05) is 13.2 Å². The molecule has 6 N–H and O–H groups in total. The third kappa shape index (κ3) is 11.2. The molecule has 2 atom stereocenters. The Hall–Kier alpha value is -4.16. The van der Waals surface area contributed by atoms with Crippen LogP contribution in [-0.4, -0.2) is 63.5 Å². The number of unbranched alkanes of at least 4 members (excludes halogenated alkanes) is 4. The van der Waals surface area contributed by atoms with Crippen LogP contribution >= 0.6 is 11.3 Å². The molecule has 49 heavy (non-hydrogen) atoms. The Morgan fingerprint density at radius 2 is 1.51 bits per heavy atom.